The topological polar surface area (TPSA) is 74.7 Å². The van der Waals surface area contributed by atoms with Gasteiger partial charge in [-0.05, 0) is 11.6 Å². The number of hydrogen-bond acceptors (Lipinski definition) is 3. The van der Waals surface area contributed by atoms with E-state index in [-0.39, 0.29) is 25.3 Å². The van der Waals surface area contributed by atoms with E-state index in [1.54, 1.807) is 12.1 Å². The lowest BCUT2D eigenvalue weighted by Gasteiger charge is -2.14. The molecule has 6 heteroatoms. The van der Waals surface area contributed by atoms with Crippen LogP contribution < -0.4 is 0 Å². The fraction of sp³-hybridized carbons (Fsp3) is 0.308. The number of imide groups is 1. The van der Waals surface area contributed by atoms with Gasteiger partial charge >= 0.3 is 5.97 Å². The van der Waals surface area contributed by atoms with Crippen LogP contribution in [-0.2, 0) is 20.8 Å². The molecule has 1 aliphatic rings. The lowest BCUT2D eigenvalue weighted by Crippen LogP contribution is -2.34. The number of carboxylic acids is 1. The highest BCUT2D eigenvalue weighted by Crippen LogP contribution is 2.21. The number of rotatable bonds is 3. The second kappa shape index (κ2) is 5.52. The van der Waals surface area contributed by atoms with Gasteiger partial charge in [0.05, 0.1) is 12.3 Å². The van der Waals surface area contributed by atoms with Crippen LogP contribution in [0.2, 0.25) is 0 Å². The average molecular weight is 326 g/mol. The van der Waals surface area contributed by atoms with E-state index < -0.39 is 17.8 Å². The van der Waals surface area contributed by atoms with Gasteiger partial charge in [-0.15, -0.1) is 0 Å². The zero-order chi connectivity index (χ0) is 14.0. The Morgan fingerprint density at radius 1 is 1.37 bits per heavy atom. The monoisotopic (exact) mass is 325 g/mol. The van der Waals surface area contributed by atoms with Crippen molar-refractivity contribution < 1.29 is 19.5 Å². The largest absolute Gasteiger partial charge is 0.481 e. The van der Waals surface area contributed by atoms with Gasteiger partial charge in [0.1, 0.15) is 0 Å². The lowest BCUT2D eigenvalue weighted by atomic mass is 10.1. The van der Waals surface area contributed by atoms with Crippen molar-refractivity contribution in [1.29, 1.82) is 0 Å². The summed E-state index contributed by atoms with van der Waals surface area (Å²) in [6.07, 6.45) is -0.0173. The molecule has 1 N–H and O–H groups in total. The average Bonchev–Trinajstić information content (AvgIpc) is 2.74. The van der Waals surface area contributed by atoms with Gasteiger partial charge < -0.3 is 5.11 Å². The molecule has 1 unspecified atom stereocenters. The maximum absolute atomic E-state index is 12.0. The number of amides is 2. The van der Waals surface area contributed by atoms with E-state index in [0.29, 0.717) is 0 Å². The number of halogens is 1. The lowest BCUT2D eigenvalue weighted by molar-refractivity contribution is -0.141. The Labute approximate surface area is 118 Å². The molecule has 100 valence electrons. The summed E-state index contributed by atoms with van der Waals surface area (Å²) in [6, 6.07) is 7.24. The summed E-state index contributed by atoms with van der Waals surface area (Å²) in [6.45, 7) is -0.0303. The molecule has 0 aromatic heterocycles. The normalized spacial score (nSPS) is 18.7. The van der Waals surface area contributed by atoms with Gasteiger partial charge in [0.25, 0.3) is 0 Å². The zero-order valence-electron chi connectivity index (χ0n) is 10.0. The molecule has 0 bridgehead atoms. The van der Waals surface area contributed by atoms with Crippen LogP contribution in [0.1, 0.15) is 12.0 Å². The fourth-order valence-corrected chi connectivity index (χ4v) is 2.44. The number of benzene rings is 1. The van der Waals surface area contributed by atoms with Gasteiger partial charge in [-0.25, -0.2) is 0 Å². The van der Waals surface area contributed by atoms with Crippen molar-refractivity contribution >= 4 is 33.7 Å². The smallest absolute Gasteiger partial charge is 0.308 e. The summed E-state index contributed by atoms with van der Waals surface area (Å²) in [4.78, 5) is 35.5. The molecular weight excluding hydrogens is 314 g/mol. The highest BCUT2D eigenvalue weighted by molar-refractivity contribution is 9.10. The molecule has 1 heterocycles. The molecule has 1 atom stereocenters. The van der Waals surface area contributed by atoms with Crippen LogP contribution in [0, 0.1) is 5.92 Å². The number of nitrogens with zero attached hydrogens (tertiary/aromatic N) is 1. The molecule has 0 aliphatic carbocycles. The summed E-state index contributed by atoms with van der Waals surface area (Å²) in [5, 5.41) is 8.87. The predicted molar refractivity (Wildman–Crippen MR) is 70.3 cm³/mol. The van der Waals surface area contributed by atoms with Crippen LogP contribution in [0.3, 0.4) is 0 Å². The van der Waals surface area contributed by atoms with Crippen LogP contribution in [0.4, 0.5) is 0 Å². The zero-order valence-corrected chi connectivity index (χ0v) is 11.6. The van der Waals surface area contributed by atoms with E-state index in [0.717, 1.165) is 14.9 Å². The molecule has 5 nitrogen and oxygen atoms in total. The quantitative estimate of drug-likeness (QED) is 0.912. The minimum absolute atomic E-state index is 0.0303. The number of hydrogen-bond donors (Lipinski definition) is 1. The van der Waals surface area contributed by atoms with Crippen molar-refractivity contribution in [2.24, 2.45) is 5.92 Å². The maximum atomic E-state index is 12.0. The van der Waals surface area contributed by atoms with E-state index >= 15 is 0 Å². The van der Waals surface area contributed by atoms with Crippen molar-refractivity contribution in [3.05, 3.63) is 34.3 Å². The predicted octanol–water partition coefficient (Wildman–Crippen LogP) is 1.45. The third-order valence-corrected chi connectivity index (χ3v) is 3.85. The second-order valence-corrected chi connectivity index (χ2v) is 5.26. The molecule has 0 radical (unpaired) electrons. The van der Waals surface area contributed by atoms with Crippen LogP contribution in [-0.4, -0.2) is 34.3 Å². The van der Waals surface area contributed by atoms with E-state index in [9.17, 15) is 14.4 Å². The van der Waals surface area contributed by atoms with E-state index in [2.05, 4.69) is 15.9 Å². The highest BCUT2D eigenvalue weighted by atomic mass is 79.9. The fourth-order valence-electron chi connectivity index (χ4n) is 2.01. The first kappa shape index (κ1) is 13.7. The van der Waals surface area contributed by atoms with Crippen molar-refractivity contribution in [3.8, 4) is 0 Å². The minimum Gasteiger partial charge on any atom is -0.481 e. The van der Waals surface area contributed by atoms with Gasteiger partial charge in [-0.2, -0.15) is 0 Å². The number of carbonyl (C=O) groups is 3. The number of likely N-dealkylation sites (tertiary alicyclic amines) is 1. The summed E-state index contributed by atoms with van der Waals surface area (Å²) < 4.78 is 0.796. The molecule has 1 aliphatic heterocycles. The Morgan fingerprint density at radius 3 is 2.63 bits per heavy atom. The molecule has 2 rings (SSSR count). The molecule has 0 saturated carbocycles. The SMILES string of the molecule is O=C(O)C1CC(=O)N(C(=O)Cc2ccccc2Br)C1. The van der Waals surface area contributed by atoms with Crippen LogP contribution in [0.5, 0.6) is 0 Å². The standard InChI is InChI=1S/C13H12BrNO4/c14-10-4-2-1-3-8(10)5-11(16)15-7-9(13(18)19)6-12(15)17/h1-4,9H,5-7H2,(H,18,19). The van der Waals surface area contributed by atoms with Crippen LogP contribution in [0.25, 0.3) is 0 Å². The van der Waals surface area contributed by atoms with Crippen LogP contribution >= 0.6 is 15.9 Å². The third-order valence-electron chi connectivity index (χ3n) is 3.07. The van der Waals surface area contributed by atoms with Gasteiger partial charge in [0.15, 0.2) is 0 Å². The van der Waals surface area contributed by atoms with Crippen molar-refractivity contribution in [2.45, 2.75) is 12.8 Å². The molecular formula is C13H12BrNO4. The highest BCUT2D eigenvalue weighted by Gasteiger charge is 2.37. The van der Waals surface area contributed by atoms with Gasteiger partial charge in [0, 0.05) is 17.4 Å². The Balaban J connectivity index is 2.07. The Morgan fingerprint density at radius 2 is 2.05 bits per heavy atom. The summed E-state index contributed by atoms with van der Waals surface area (Å²) in [5.41, 5.74) is 0.777. The summed E-state index contributed by atoms with van der Waals surface area (Å²) in [5.74, 6) is -2.59. The molecule has 1 fully saturated rings. The molecule has 1 aromatic carbocycles. The van der Waals surface area contributed by atoms with Crippen LogP contribution in [0.15, 0.2) is 28.7 Å². The molecule has 19 heavy (non-hydrogen) atoms. The van der Waals surface area contributed by atoms with Gasteiger partial charge in [-0.3, -0.25) is 19.3 Å². The van der Waals surface area contributed by atoms with Gasteiger partial charge in [0.2, 0.25) is 11.8 Å². The maximum Gasteiger partial charge on any atom is 0.308 e. The summed E-state index contributed by atoms with van der Waals surface area (Å²) >= 11 is 3.33. The first-order valence-corrected chi connectivity index (χ1v) is 6.57. The van der Waals surface area contributed by atoms with E-state index in [1.165, 1.54) is 0 Å². The van der Waals surface area contributed by atoms with Crippen molar-refractivity contribution in [2.75, 3.05) is 6.54 Å². The van der Waals surface area contributed by atoms with Crippen molar-refractivity contribution in [3.63, 3.8) is 0 Å². The Kier molecular flexibility index (Phi) is 3.99. The van der Waals surface area contributed by atoms with E-state index in [4.69, 9.17) is 5.11 Å². The van der Waals surface area contributed by atoms with E-state index in [1.807, 2.05) is 12.1 Å². The molecule has 1 saturated heterocycles. The minimum atomic E-state index is -1.04. The number of carboxylic acid groups (broad SMARTS) is 1. The first-order chi connectivity index (χ1) is 8.99. The number of carbonyl (C=O) groups excluding carboxylic acids is 2. The Hall–Kier alpha value is -1.69. The second-order valence-electron chi connectivity index (χ2n) is 4.41. The Bertz CT molecular complexity index is 543. The summed E-state index contributed by atoms with van der Waals surface area (Å²) in [7, 11) is 0. The molecule has 2 amide bonds. The molecule has 0 spiro atoms. The van der Waals surface area contributed by atoms with Gasteiger partial charge in [-0.1, -0.05) is 34.1 Å². The third kappa shape index (κ3) is 3.01. The molecule has 1 aromatic rings. The first-order valence-electron chi connectivity index (χ1n) is 5.78. The van der Waals surface area contributed by atoms with Crippen molar-refractivity contribution in [1.82, 2.24) is 4.90 Å². The number of aliphatic carboxylic acids is 1.